The Morgan fingerprint density at radius 2 is 2.08 bits per heavy atom. The van der Waals surface area contributed by atoms with Gasteiger partial charge in [-0.15, -0.1) is 0 Å². The van der Waals surface area contributed by atoms with Gasteiger partial charge in [0, 0.05) is 13.1 Å². The third kappa shape index (κ3) is 4.31. The minimum absolute atomic E-state index is 0.0401. The lowest BCUT2D eigenvalue weighted by Gasteiger charge is -2.16. The van der Waals surface area contributed by atoms with Crippen molar-refractivity contribution in [3.8, 4) is 0 Å². The van der Waals surface area contributed by atoms with Crippen molar-refractivity contribution in [2.45, 2.75) is 13.0 Å². The van der Waals surface area contributed by atoms with Gasteiger partial charge in [0.1, 0.15) is 5.82 Å². The van der Waals surface area contributed by atoms with Crippen molar-refractivity contribution in [1.82, 2.24) is 10.2 Å². The first-order chi connectivity index (χ1) is 11.4. The number of ether oxygens (including phenoxy) is 1. The second kappa shape index (κ2) is 7.91. The Labute approximate surface area is 141 Å². The monoisotopic (exact) mass is 354 g/mol. The number of halogens is 1. The Morgan fingerprint density at radius 1 is 1.38 bits per heavy atom. The van der Waals surface area contributed by atoms with Gasteiger partial charge >= 0.3 is 5.97 Å². The van der Waals surface area contributed by atoms with Gasteiger partial charge in [-0.1, -0.05) is 23.9 Å². The lowest BCUT2D eigenvalue weighted by molar-refractivity contribution is -0.130. The molecule has 0 aliphatic carbocycles. The molecule has 1 atom stereocenters. The number of nitrogens with one attached hydrogen (secondary N) is 1. The van der Waals surface area contributed by atoms with Crippen molar-refractivity contribution in [1.29, 1.82) is 0 Å². The number of rotatable bonds is 6. The van der Waals surface area contributed by atoms with Gasteiger partial charge < -0.3 is 10.1 Å². The van der Waals surface area contributed by atoms with Crippen molar-refractivity contribution >= 4 is 34.8 Å². The molecule has 0 spiro atoms. The number of amides is 3. The van der Waals surface area contributed by atoms with Crippen LogP contribution in [0.1, 0.15) is 17.3 Å². The van der Waals surface area contributed by atoms with Crippen LogP contribution in [0, 0.1) is 5.82 Å². The molecule has 128 valence electrons. The molecule has 0 unspecified atom stereocenters. The summed E-state index contributed by atoms with van der Waals surface area (Å²) in [6.07, 6.45) is -1.14. The van der Waals surface area contributed by atoms with Crippen LogP contribution in [0.3, 0.4) is 0 Å². The maximum atomic E-state index is 13.5. The van der Waals surface area contributed by atoms with Crippen molar-refractivity contribution < 1.29 is 28.3 Å². The number of hydrogen-bond acceptors (Lipinski definition) is 6. The predicted molar refractivity (Wildman–Crippen MR) is 83.9 cm³/mol. The summed E-state index contributed by atoms with van der Waals surface area (Å²) < 4.78 is 18.4. The quantitative estimate of drug-likeness (QED) is 0.771. The number of thioether (sulfide) groups is 1. The number of nitrogens with zero attached hydrogens (tertiary/aromatic N) is 1. The fraction of sp³-hybridized carbons (Fsp3) is 0.333. The molecule has 0 saturated carbocycles. The standard InChI is InChI=1S/C15H15FN2O5S/c1-9(23-14(21)10-4-2-3-5-11(10)16)13(20)17-6-7-18-12(19)8-24-15(18)22/h2-5,9H,6-8H2,1H3,(H,17,20)/t9-/m1/s1. The average Bonchev–Trinajstić information content (AvgIpc) is 2.86. The van der Waals surface area contributed by atoms with Crippen LogP contribution >= 0.6 is 11.8 Å². The highest BCUT2D eigenvalue weighted by Gasteiger charge is 2.29. The van der Waals surface area contributed by atoms with Crippen LogP contribution in [0.15, 0.2) is 24.3 Å². The van der Waals surface area contributed by atoms with Crippen LogP contribution in [0.4, 0.5) is 9.18 Å². The van der Waals surface area contributed by atoms with Gasteiger partial charge in [0.25, 0.3) is 11.1 Å². The Bertz CT molecular complexity index is 666. The second-order valence-electron chi connectivity index (χ2n) is 4.92. The van der Waals surface area contributed by atoms with Crippen molar-refractivity contribution in [2.75, 3.05) is 18.8 Å². The molecule has 1 fully saturated rings. The maximum Gasteiger partial charge on any atom is 0.341 e. The highest BCUT2D eigenvalue weighted by molar-refractivity contribution is 8.14. The van der Waals surface area contributed by atoms with Gasteiger partial charge in [-0.2, -0.15) is 0 Å². The van der Waals surface area contributed by atoms with E-state index in [1.807, 2.05) is 0 Å². The van der Waals surface area contributed by atoms with Crippen LogP contribution in [0.5, 0.6) is 0 Å². The van der Waals surface area contributed by atoms with E-state index in [0.717, 1.165) is 22.7 Å². The highest BCUT2D eigenvalue weighted by atomic mass is 32.2. The lowest BCUT2D eigenvalue weighted by atomic mass is 10.2. The van der Waals surface area contributed by atoms with Gasteiger partial charge in [0.05, 0.1) is 11.3 Å². The van der Waals surface area contributed by atoms with Crippen LogP contribution < -0.4 is 5.32 Å². The molecule has 1 N–H and O–H groups in total. The highest BCUT2D eigenvalue weighted by Crippen LogP contribution is 2.17. The Morgan fingerprint density at radius 3 is 2.71 bits per heavy atom. The topological polar surface area (TPSA) is 92.8 Å². The third-order valence-corrected chi connectivity index (χ3v) is 4.08. The Balaban J connectivity index is 1.80. The smallest absolute Gasteiger partial charge is 0.341 e. The zero-order chi connectivity index (χ0) is 17.7. The zero-order valence-electron chi connectivity index (χ0n) is 12.8. The summed E-state index contributed by atoms with van der Waals surface area (Å²) in [5, 5.41) is 2.10. The summed E-state index contributed by atoms with van der Waals surface area (Å²) in [5.41, 5.74) is -0.262. The molecular formula is C15H15FN2O5S. The lowest BCUT2D eigenvalue weighted by Crippen LogP contribution is -2.41. The molecule has 3 amide bonds. The summed E-state index contributed by atoms with van der Waals surface area (Å²) in [7, 11) is 0. The van der Waals surface area contributed by atoms with Crippen LogP contribution in [0.25, 0.3) is 0 Å². The normalized spacial score (nSPS) is 15.3. The first kappa shape index (κ1) is 17.9. The summed E-state index contributed by atoms with van der Waals surface area (Å²) in [4.78, 5) is 47.5. The molecule has 2 rings (SSSR count). The van der Waals surface area contributed by atoms with Gasteiger partial charge in [-0.05, 0) is 19.1 Å². The molecule has 1 heterocycles. The summed E-state index contributed by atoms with van der Waals surface area (Å²) in [5.74, 6) is -2.50. The minimum Gasteiger partial charge on any atom is -0.449 e. The molecule has 1 saturated heterocycles. The molecule has 1 aromatic rings. The van der Waals surface area contributed by atoms with Crippen LogP contribution in [-0.4, -0.2) is 52.9 Å². The minimum atomic E-state index is -1.14. The zero-order valence-corrected chi connectivity index (χ0v) is 13.6. The van der Waals surface area contributed by atoms with Crippen molar-refractivity contribution in [2.24, 2.45) is 0 Å². The Kier molecular flexibility index (Phi) is 5.91. The predicted octanol–water partition coefficient (Wildman–Crippen LogP) is 1.18. The average molecular weight is 354 g/mol. The Hall–Kier alpha value is -2.42. The first-order valence-electron chi connectivity index (χ1n) is 7.10. The fourth-order valence-corrected chi connectivity index (χ4v) is 2.69. The molecule has 0 aromatic heterocycles. The molecule has 24 heavy (non-hydrogen) atoms. The van der Waals surface area contributed by atoms with Crippen LogP contribution in [-0.2, 0) is 14.3 Å². The largest absolute Gasteiger partial charge is 0.449 e. The number of carbonyl (C=O) groups excluding carboxylic acids is 4. The molecule has 9 heteroatoms. The molecular weight excluding hydrogens is 339 g/mol. The third-order valence-electron chi connectivity index (χ3n) is 3.22. The van der Waals surface area contributed by atoms with Gasteiger partial charge in [0.2, 0.25) is 5.91 Å². The SMILES string of the molecule is C[C@@H](OC(=O)c1ccccc1F)C(=O)NCCN1C(=O)CSC1=O. The second-order valence-corrected chi connectivity index (χ2v) is 5.84. The first-order valence-corrected chi connectivity index (χ1v) is 8.09. The van der Waals surface area contributed by atoms with Crippen LogP contribution in [0.2, 0.25) is 0 Å². The molecule has 7 nitrogen and oxygen atoms in total. The molecule has 1 aliphatic rings. The number of hydrogen-bond donors (Lipinski definition) is 1. The van der Waals surface area contributed by atoms with Gasteiger partial charge in [-0.3, -0.25) is 19.3 Å². The molecule has 0 radical (unpaired) electrons. The fourth-order valence-electron chi connectivity index (χ4n) is 1.94. The van der Waals surface area contributed by atoms with E-state index in [4.69, 9.17) is 4.74 Å². The maximum absolute atomic E-state index is 13.5. The number of esters is 1. The summed E-state index contributed by atoms with van der Waals surface area (Å²) in [6, 6.07) is 5.28. The summed E-state index contributed by atoms with van der Waals surface area (Å²) >= 11 is 0.906. The number of carbonyl (C=O) groups is 4. The van der Waals surface area contributed by atoms with Gasteiger partial charge in [0.15, 0.2) is 6.10 Å². The van der Waals surface area contributed by atoms with E-state index in [9.17, 15) is 23.6 Å². The van der Waals surface area contributed by atoms with Gasteiger partial charge in [-0.25, -0.2) is 9.18 Å². The van der Waals surface area contributed by atoms with E-state index in [-0.39, 0.29) is 35.6 Å². The van der Waals surface area contributed by atoms with E-state index < -0.39 is 23.8 Å². The van der Waals surface area contributed by atoms with E-state index in [2.05, 4.69) is 5.32 Å². The van der Waals surface area contributed by atoms with E-state index in [1.165, 1.54) is 25.1 Å². The van der Waals surface area contributed by atoms with Crippen molar-refractivity contribution in [3.63, 3.8) is 0 Å². The van der Waals surface area contributed by atoms with E-state index >= 15 is 0 Å². The molecule has 1 aliphatic heterocycles. The van der Waals surface area contributed by atoms with E-state index in [1.54, 1.807) is 0 Å². The molecule has 0 bridgehead atoms. The molecule has 1 aromatic carbocycles. The number of imide groups is 1. The van der Waals surface area contributed by atoms with Crippen molar-refractivity contribution in [3.05, 3.63) is 35.6 Å². The number of benzene rings is 1. The summed E-state index contributed by atoms with van der Waals surface area (Å²) in [6.45, 7) is 1.43. The van der Waals surface area contributed by atoms with E-state index in [0.29, 0.717) is 0 Å².